The van der Waals surface area contributed by atoms with Crippen molar-refractivity contribution in [2.24, 2.45) is 5.92 Å². The van der Waals surface area contributed by atoms with Crippen LogP contribution in [0.2, 0.25) is 0 Å². The molecule has 0 aliphatic carbocycles. The maximum absolute atomic E-state index is 12.6. The molecule has 1 amide bonds. The summed E-state index contributed by atoms with van der Waals surface area (Å²) in [5, 5.41) is 3.34. The fraction of sp³-hybridized carbons (Fsp3) is 0.562. The Morgan fingerprint density at radius 1 is 1.30 bits per heavy atom. The summed E-state index contributed by atoms with van der Waals surface area (Å²) in [4.78, 5) is 14.6. The first-order valence-electron chi connectivity index (χ1n) is 7.43. The summed E-state index contributed by atoms with van der Waals surface area (Å²) in [5.41, 5.74) is 2.48. The van der Waals surface area contributed by atoms with E-state index in [0.717, 1.165) is 44.6 Å². The number of para-hydroxylation sites is 1. The van der Waals surface area contributed by atoms with Gasteiger partial charge in [-0.3, -0.25) is 4.79 Å². The van der Waals surface area contributed by atoms with Crippen LogP contribution in [-0.2, 0) is 11.2 Å². The fourth-order valence-corrected chi connectivity index (χ4v) is 3.20. The lowest BCUT2D eigenvalue weighted by atomic mass is 10.0. The monoisotopic (exact) mass is 294 g/mol. The Labute approximate surface area is 127 Å². The number of anilines is 1. The number of fused-ring (bicyclic) bond motifs is 1. The molecule has 0 radical (unpaired) electrons. The van der Waals surface area contributed by atoms with Crippen LogP contribution in [0.4, 0.5) is 5.69 Å². The summed E-state index contributed by atoms with van der Waals surface area (Å²) in [6, 6.07) is 8.39. The zero-order chi connectivity index (χ0) is 13.1. The SMILES string of the molecule is Cl.O=C(CC1CCNC1)N1CCCCc2ccccc21. The predicted octanol–water partition coefficient (Wildman–Crippen LogP) is 2.78. The summed E-state index contributed by atoms with van der Waals surface area (Å²) in [6.07, 6.45) is 5.24. The highest BCUT2D eigenvalue weighted by atomic mass is 35.5. The molecule has 1 aromatic carbocycles. The van der Waals surface area contributed by atoms with Crippen molar-refractivity contribution in [3.05, 3.63) is 29.8 Å². The Hall–Kier alpha value is -1.06. The standard InChI is InChI=1S/C16H22N2O.ClH/c19-16(11-13-8-9-17-12-13)18-10-4-3-6-14-5-1-2-7-15(14)18;/h1-2,5,7,13,17H,3-4,6,8-12H2;1H. The molecule has 3 nitrogen and oxygen atoms in total. The number of benzene rings is 1. The maximum Gasteiger partial charge on any atom is 0.227 e. The molecule has 1 unspecified atom stereocenters. The minimum atomic E-state index is 0. The third-order valence-corrected chi connectivity index (χ3v) is 4.29. The van der Waals surface area contributed by atoms with Gasteiger partial charge in [0.2, 0.25) is 5.91 Å². The van der Waals surface area contributed by atoms with E-state index in [1.807, 2.05) is 11.0 Å². The number of carbonyl (C=O) groups is 1. The van der Waals surface area contributed by atoms with E-state index in [1.54, 1.807) is 0 Å². The van der Waals surface area contributed by atoms with Crippen LogP contribution < -0.4 is 10.2 Å². The van der Waals surface area contributed by atoms with Crippen molar-refractivity contribution in [1.82, 2.24) is 5.32 Å². The molecule has 0 aromatic heterocycles. The van der Waals surface area contributed by atoms with Crippen molar-refractivity contribution < 1.29 is 4.79 Å². The summed E-state index contributed by atoms with van der Waals surface area (Å²) >= 11 is 0. The minimum absolute atomic E-state index is 0. The number of hydrogen-bond donors (Lipinski definition) is 1. The Morgan fingerprint density at radius 3 is 2.95 bits per heavy atom. The van der Waals surface area contributed by atoms with E-state index in [9.17, 15) is 4.79 Å². The van der Waals surface area contributed by atoms with Crippen LogP contribution in [0.5, 0.6) is 0 Å². The lowest BCUT2D eigenvalue weighted by Crippen LogP contribution is -2.33. The number of amides is 1. The summed E-state index contributed by atoms with van der Waals surface area (Å²) in [5.74, 6) is 0.839. The highest BCUT2D eigenvalue weighted by Crippen LogP contribution is 2.27. The second kappa shape index (κ2) is 7.09. The molecule has 2 aliphatic rings. The Balaban J connectivity index is 0.00000147. The van der Waals surface area contributed by atoms with Crippen LogP contribution in [0.3, 0.4) is 0 Å². The van der Waals surface area contributed by atoms with Gasteiger partial charge in [-0.1, -0.05) is 18.2 Å². The molecule has 1 N–H and O–H groups in total. The van der Waals surface area contributed by atoms with Crippen molar-refractivity contribution in [3.63, 3.8) is 0 Å². The van der Waals surface area contributed by atoms with E-state index in [1.165, 1.54) is 12.0 Å². The molecule has 20 heavy (non-hydrogen) atoms. The van der Waals surface area contributed by atoms with Gasteiger partial charge in [0, 0.05) is 18.7 Å². The van der Waals surface area contributed by atoms with Gasteiger partial charge >= 0.3 is 0 Å². The van der Waals surface area contributed by atoms with E-state index in [-0.39, 0.29) is 12.4 Å². The molecule has 0 spiro atoms. The number of halogens is 1. The van der Waals surface area contributed by atoms with Gasteiger partial charge in [-0.25, -0.2) is 0 Å². The van der Waals surface area contributed by atoms with Crippen LogP contribution >= 0.6 is 12.4 Å². The molecule has 1 aromatic rings. The maximum atomic E-state index is 12.6. The zero-order valence-electron chi connectivity index (χ0n) is 11.8. The van der Waals surface area contributed by atoms with Crippen molar-refractivity contribution in [1.29, 1.82) is 0 Å². The molecule has 1 fully saturated rings. The van der Waals surface area contributed by atoms with Crippen molar-refractivity contribution in [3.8, 4) is 0 Å². The molecular weight excluding hydrogens is 272 g/mol. The lowest BCUT2D eigenvalue weighted by Gasteiger charge is -2.24. The van der Waals surface area contributed by atoms with Gasteiger partial charge in [0.25, 0.3) is 0 Å². The largest absolute Gasteiger partial charge is 0.316 e. The molecular formula is C16H23ClN2O. The van der Waals surface area contributed by atoms with Gasteiger partial charge in [0.15, 0.2) is 0 Å². The molecule has 0 bridgehead atoms. The van der Waals surface area contributed by atoms with Gasteiger partial charge in [-0.15, -0.1) is 12.4 Å². The van der Waals surface area contributed by atoms with Crippen LogP contribution in [0.15, 0.2) is 24.3 Å². The molecule has 1 saturated heterocycles. The van der Waals surface area contributed by atoms with E-state index in [2.05, 4.69) is 23.5 Å². The van der Waals surface area contributed by atoms with Crippen LogP contribution in [0.1, 0.15) is 31.2 Å². The fourth-order valence-electron chi connectivity index (χ4n) is 3.20. The zero-order valence-corrected chi connectivity index (χ0v) is 12.6. The Morgan fingerprint density at radius 2 is 2.15 bits per heavy atom. The van der Waals surface area contributed by atoms with Gasteiger partial charge in [0.05, 0.1) is 0 Å². The molecule has 110 valence electrons. The Bertz CT molecular complexity index is 458. The number of carbonyl (C=O) groups excluding carboxylic acids is 1. The van der Waals surface area contributed by atoms with Crippen molar-refractivity contribution in [2.75, 3.05) is 24.5 Å². The van der Waals surface area contributed by atoms with Gasteiger partial charge in [-0.2, -0.15) is 0 Å². The number of hydrogen-bond acceptors (Lipinski definition) is 2. The van der Waals surface area contributed by atoms with Crippen LogP contribution in [0.25, 0.3) is 0 Å². The highest BCUT2D eigenvalue weighted by molar-refractivity contribution is 5.94. The number of aryl methyl sites for hydroxylation is 1. The highest BCUT2D eigenvalue weighted by Gasteiger charge is 2.24. The molecule has 0 saturated carbocycles. The molecule has 4 heteroatoms. The quantitative estimate of drug-likeness (QED) is 0.910. The third kappa shape index (κ3) is 3.33. The van der Waals surface area contributed by atoms with E-state index >= 15 is 0 Å². The van der Waals surface area contributed by atoms with Gasteiger partial charge < -0.3 is 10.2 Å². The van der Waals surface area contributed by atoms with Crippen LogP contribution in [0, 0.1) is 5.92 Å². The topological polar surface area (TPSA) is 32.3 Å². The normalized spacial score (nSPS) is 21.8. The predicted molar refractivity (Wildman–Crippen MR) is 84.6 cm³/mol. The first-order valence-corrected chi connectivity index (χ1v) is 7.43. The second-order valence-corrected chi connectivity index (χ2v) is 5.69. The van der Waals surface area contributed by atoms with E-state index in [4.69, 9.17) is 0 Å². The molecule has 2 aliphatic heterocycles. The average Bonchev–Trinajstić information content (AvgIpc) is 2.83. The van der Waals surface area contributed by atoms with E-state index < -0.39 is 0 Å². The molecule has 3 rings (SSSR count). The molecule has 2 heterocycles. The first-order chi connectivity index (χ1) is 9.34. The van der Waals surface area contributed by atoms with Crippen molar-refractivity contribution >= 4 is 24.0 Å². The number of nitrogens with zero attached hydrogens (tertiary/aromatic N) is 1. The number of nitrogens with one attached hydrogen (secondary N) is 1. The van der Waals surface area contributed by atoms with Crippen LogP contribution in [-0.4, -0.2) is 25.5 Å². The van der Waals surface area contributed by atoms with E-state index in [0.29, 0.717) is 18.2 Å². The second-order valence-electron chi connectivity index (χ2n) is 5.69. The van der Waals surface area contributed by atoms with Crippen molar-refractivity contribution in [2.45, 2.75) is 32.1 Å². The Kier molecular flexibility index (Phi) is 5.44. The summed E-state index contributed by atoms with van der Waals surface area (Å²) < 4.78 is 0. The average molecular weight is 295 g/mol. The smallest absolute Gasteiger partial charge is 0.227 e. The lowest BCUT2D eigenvalue weighted by molar-refractivity contribution is -0.119. The molecule has 1 atom stereocenters. The number of rotatable bonds is 2. The first kappa shape index (κ1) is 15.3. The third-order valence-electron chi connectivity index (χ3n) is 4.29. The summed E-state index contributed by atoms with van der Waals surface area (Å²) in [7, 11) is 0. The summed E-state index contributed by atoms with van der Waals surface area (Å²) in [6.45, 7) is 2.95. The van der Waals surface area contributed by atoms with Gasteiger partial charge in [-0.05, 0) is 56.3 Å². The minimum Gasteiger partial charge on any atom is -0.316 e. The van der Waals surface area contributed by atoms with Gasteiger partial charge in [0.1, 0.15) is 0 Å².